The van der Waals surface area contributed by atoms with Gasteiger partial charge in [0.15, 0.2) is 0 Å². The van der Waals surface area contributed by atoms with Gasteiger partial charge < -0.3 is 14.8 Å². The Morgan fingerprint density at radius 2 is 1.70 bits per heavy atom. The number of para-hydroxylation sites is 2. The lowest BCUT2D eigenvalue weighted by molar-refractivity contribution is 0.199. The normalized spacial score (nSPS) is 10.5. The summed E-state index contributed by atoms with van der Waals surface area (Å²) in [7, 11) is 1.70. The molecule has 0 amide bonds. The van der Waals surface area contributed by atoms with Gasteiger partial charge in [-0.25, -0.2) is 0 Å². The van der Waals surface area contributed by atoms with E-state index in [1.54, 1.807) is 7.11 Å². The molecule has 0 radical (unpaired) electrons. The Bertz CT molecular complexity index is 546. The third-order valence-electron chi connectivity index (χ3n) is 2.83. The Kier molecular flexibility index (Phi) is 6.05. The fraction of sp³-hybridized carbons (Fsp3) is 0.250. The monoisotopic (exact) mass is 335 g/mol. The van der Waals surface area contributed by atoms with Crippen molar-refractivity contribution in [2.24, 2.45) is 0 Å². The predicted octanol–water partition coefficient (Wildman–Crippen LogP) is 3.98. The maximum Gasteiger partial charge on any atom is 0.141 e. The van der Waals surface area contributed by atoms with Crippen molar-refractivity contribution in [2.45, 2.75) is 6.54 Å². The third-order valence-corrected chi connectivity index (χ3v) is 3.48. The van der Waals surface area contributed by atoms with E-state index in [4.69, 9.17) is 9.47 Å². The minimum atomic E-state index is 0.702. The summed E-state index contributed by atoms with van der Waals surface area (Å²) < 4.78 is 11.9. The zero-order valence-electron chi connectivity index (χ0n) is 11.4. The molecule has 0 unspecified atom stereocenters. The largest absolute Gasteiger partial charge is 0.456 e. The zero-order chi connectivity index (χ0) is 14.2. The first kappa shape index (κ1) is 15.0. The lowest BCUT2D eigenvalue weighted by atomic mass is 10.2. The first-order valence-corrected chi connectivity index (χ1v) is 7.30. The summed E-state index contributed by atoms with van der Waals surface area (Å²) in [6, 6.07) is 15.9. The SMILES string of the molecule is COCCNCc1ccccc1Oc1ccccc1Br. The van der Waals surface area contributed by atoms with Crippen molar-refractivity contribution in [3.63, 3.8) is 0 Å². The summed E-state index contributed by atoms with van der Waals surface area (Å²) in [5.74, 6) is 1.68. The Balaban J connectivity index is 2.06. The first-order valence-electron chi connectivity index (χ1n) is 6.51. The van der Waals surface area contributed by atoms with Crippen LogP contribution in [0.3, 0.4) is 0 Å². The smallest absolute Gasteiger partial charge is 0.141 e. The van der Waals surface area contributed by atoms with Gasteiger partial charge in [0.05, 0.1) is 11.1 Å². The maximum atomic E-state index is 5.98. The molecule has 0 aliphatic rings. The van der Waals surface area contributed by atoms with Crippen molar-refractivity contribution in [3.05, 3.63) is 58.6 Å². The van der Waals surface area contributed by atoms with Crippen LogP contribution < -0.4 is 10.1 Å². The van der Waals surface area contributed by atoms with Crippen molar-refractivity contribution in [1.82, 2.24) is 5.32 Å². The highest BCUT2D eigenvalue weighted by atomic mass is 79.9. The van der Waals surface area contributed by atoms with Crippen molar-refractivity contribution in [2.75, 3.05) is 20.3 Å². The molecule has 20 heavy (non-hydrogen) atoms. The lowest BCUT2D eigenvalue weighted by Gasteiger charge is -2.12. The highest BCUT2D eigenvalue weighted by Gasteiger charge is 2.06. The van der Waals surface area contributed by atoms with Crippen LogP contribution >= 0.6 is 15.9 Å². The average Bonchev–Trinajstić information content (AvgIpc) is 2.47. The molecule has 1 N–H and O–H groups in total. The molecule has 0 aliphatic carbocycles. The Morgan fingerprint density at radius 3 is 2.45 bits per heavy atom. The van der Waals surface area contributed by atoms with E-state index >= 15 is 0 Å². The predicted molar refractivity (Wildman–Crippen MR) is 84.2 cm³/mol. The fourth-order valence-corrected chi connectivity index (χ4v) is 2.16. The molecule has 0 aromatic heterocycles. The number of hydrogen-bond donors (Lipinski definition) is 1. The molecule has 0 bridgehead atoms. The standard InChI is InChI=1S/C16H18BrNO2/c1-19-11-10-18-12-13-6-2-4-8-15(13)20-16-9-5-3-7-14(16)17/h2-9,18H,10-12H2,1H3. The van der Waals surface area contributed by atoms with E-state index < -0.39 is 0 Å². The van der Waals surface area contributed by atoms with Gasteiger partial charge in [0.1, 0.15) is 11.5 Å². The minimum Gasteiger partial charge on any atom is -0.456 e. The molecule has 2 aromatic rings. The highest BCUT2D eigenvalue weighted by Crippen LogP contribution is 2.30. The Hall–Kier alpha value is -1.36. The van der Waals surface area contributed by atoms with Crippen LogP contribution in [0.15, 0.2) is 53.0 Å². The number of hydrogen-bond acceptors (Lipinski definition) is 3. The molecule has 0 heterocycles. The molecule has 2 aromatic carbocycles. The van der Waals surface area contributed by atoms with E-state index in [1.165, 1.54) is 0 Å². The van der Waals surface area contributed by atoms with Crippen molar-refractivity contribution >= 4 is 15.9 Å². The minimum absolute atomic E-state index is 0.702. The molecule has 0 atom stereocenters. The van der Waals surface area contributed by atoms with Crippen LogP contribution in [-0.2, 0) is 11.3 Å². The maximum absolute atomic E-state index is 5.98. The van der Waals surface area contributed by atoms with E-state index in [-0.39, 0.29) is 0 Å². The summed E-state index contributed by atoms with van der Waals surface area (Å²) in [5, 5.41) is 3.33. The second kappa shape index (κ2) is 8.04. The van der Waals surface area contributed by atoms with Gasteiger partial charge in [-0.15, -0.1) is 0 Å². The van der Waals surface area contributed by atoms with Crippen molar-refractivity contribution in [3.8, 4) is 11.5 Å². The molecular formula is C16H18BrNO2. The summed E-state index contributed by atoms with van der Waals surface area (Å²) in [6.07, 6.45) is 0. The summed E-state index contributed by atoms with van der Waals surface area (Å²) in [4.78, 5) is 0. The number of ether oxygens (including phenoxy) is 2. The lowest BCUT2D eigenvalue weighted by Crippen LogP contribution is -2.18. The van der Waals surface area contributed by atoms with Gasteiger partial charge in [-0.2, -0.15) is 0 Å². The number of halogens is 1. The quantitative estimate of drug-likeness (QED) is 0.776. The zero-order valence-corrected chi connectivity index (χ0v) is 13.0. The van der Waals surface area contributed by atoms with Crippen LogP contribution in [0.4, 0.5) is 0 Å². The van der Waals surface area contributed by atoms with E-state index in [1.807, 2.05) is 42.5 Å². The van der Waals surface area contributed by atoms with Crippen molar-refractivity contribution in [1.29, 1.82) is 0 Å². The molecule has 0 saturated carbocycles. The second-order valence-electron chi connectivity index (χ2n) is 4.31. The molecule has 4 heteroatoms. The van der Waals surface area contributed by atoms with Crippen molar-refractivity contribution < 1.29 is 9.47 Å². The van der Waals surface area contributed by atoms with Crippen LogP contribution in [0.2, 0.25) is 0 Å². The van der Waals surface area contributed by atoms with E-state index in [9.17, 15) is 0 Å². The molecule has 106 valence electrons. The summed E-state index contributed by atoms with van der Waals surface area (Å²) in [6.45, 7) is 2.27. The highest BCUT2D eigenvalue weighted by molar-refractivity contribution is 9.10. The molecule has 0 spiro atoms. The van der Waals surface area contributed by atoms with E-state index in [0.717, 1.165) is 34.6 Å². The Morgan fingerprint density at radius 1 is 1.00 bits per heavy atom. The van der Waals surface area contributed by atoms with Crippen LogP contribution in [-0.4, -0.2) is 20.3 Å². The number of rotatable bonds is 7. The van der Waals surface area contributed by atoms with Gasteiger partial charge in [0.25, 0.3) is 0 Å². The Labute approximate surface area is 128 Å². The number of methoxy groups -OCH3 is 1. The summed E-state index contributed by atoms with van der Waals surface area (Å²) in [5.41, 5.74) is 1.12. The topological polar surface area (TPSA) is 30.5 Å². The molecule has 0 fully saturated rings. The van der Waals surface area contributed by atoms with E-state index in [2.05, 4.69) is 27.3 Å². The third kappa shape index (κ3) is 4.34. The van der Waals surface area contributed by atoms with Gasteiger partial charge >= 0.3 is 0 Å². The number of nitrogens with one attached hydrogen (secondary N) is 1. The van der Waals surface area contributed by atoms with Gasteiger partial charge in [0.2, 0.25) is 0 Å². The van der Waals surface area contributed by atoms with E-state index in [0.29, 0.717) is 6.61 Å². The van der Waals surface area contributed by atoms with Gasteiger partial charge in [-0.3, -0.25) is 0 Å². The van der Waals surface area contributed by atoms with Crippen LogP contribution in [0.1, 0.15) is 5.56 Å². The molecule has 0 saturated heterocycles. The molecule has 3 nitrogen and oxygen atoms in total. The van der Waals surface area contributed by atoms with Crippen LogP contribution in [0.5, 0.6) is 11.5 Å². The summed E-state index contributed by atoms with van der Waals surface area (Å²) >= 11 is 3.49. The molecule has 2 rings (SSSR count). The first-order chi connectivity index (χ1) is 9.81. The molecular weight excluding hydrogens is 318 g/mol. The fourth-order valence-electron chi connectivity index (χ4n) is 1.79. The van der Waals surface area contributed by atoms with Crippen LogP contribution in [0, 0.1) is 0 Å². The van der Waals surface area contributed by atoms with Gasteiger partial charge in [0, 0.05) is 25.8 Å². The van der Waals surface area contributed by atoms with Gasteiger partial charge in [-0.05, 0) is 34.1 Å². The number of benzene rings is 2. The average molecular weight is 336 g/mol. The second-order valence-corrected chi connectivity index (χ2v) is 5.16. The van der Waals surface area contributed by atoms with Crippen LogP contribution in [0.25, 0.3) is 0 Å². The molecule has 0 aliphatic heterocycles. The van der Waals surface area contributed by atoms with Gasteiger partial charge in [-0.1, -0.05) is 30.3 Å².